The van der Waals surface area contributed by atoms with Crippen molar-refractivity contribution in [3.8, 4) is 33.6 Å². The quantitative estimate of drug-likeness (QED) is 0.160. The minimum absolute atomic E-state index is 0.0815. The van der Waals surface area contributed by atoms with E-state index in [1.165, 1.54) is 94.5 Å². The average molecular weight is 663 g/mol. The molecule has 3 nitrogen and oxygen atoms in total. The summed E-state index contributed by atoms with van der Waals surface area (Å²) in [5.74, 6) is 0.281. The van der Waals surface area contributed by atoms with Gasteiger partial charge in [-0.05, 0) is 96.7 Å². The second-order valence-corrected chi connectivity index (χ2v) is 16.7. The van der Waals surface area contributed by atoms with Crippen LogP contribution in [0.5, 0.6) is 0 Å². The predicted octanol–water partition coefficient (Wildman–Crippen LogP) is 10.8. The fraction of sp³-hybridized carbons (Fsp3) is 0.250. The van der Waals surface area contributed by atoms with Crippen LogP contribution in [0.15, 0.2) is 113 Å². The number of allylic oxidation sites excluding steroid dienone is 2. The van der Waals surface area contributed by atoms with Gasteiger partial charge in [0.15, 0.2) is 12.4 Å². The fourth-order valence-electron chi connectivity index (χ4n) is 10.6. The van der Waals surface area contributed by atoms with Crippen LogP contribution >= 0.6 is 0 Å². The van der Waals surface area contributed by atoms with Gasteiger partial charge in [-0.2, -0.15) is 9.13 Å². The molecule has 4 aliphatic rings. The molecule has 3 aromatic heterocycles. The van der Waals surface area contributed by atoms with Crippen LogP contribution in [0.2, 0.25) is 0 Å². The molecule has 1 saturated carbocycles. The Kier molecular flexibility index (Phi) is 5.50. The van der Waals surface area contributed by atoms with E-state index < -0.39 is 0 Å². The van der Waals surface area contributed by atoms with Crippen LogP contribution < -0.4 is 9.13 Å². The molecule has 4 aromatic carbocycles. The first kappa shape index (κ1) is 29.5. The van der Waals surface area contributed by atoms with Gasteiger partial charge in [0.05, 0.1) is 16.7 Å². The van der Waals surface area contributed by atoms with Gasteiger partial charge in [-0.15, -0.1) is 0 Å². The highest BCUT2D eigenvalue weighted by Crippen LogP contribution is 2.71. The molecule has 2 aliphatic carbocycles. The van der Waals surface area contributed by atoms with Gasteiger partial charge in [0, 0.05) is 40.1 Å². The van der Waals surface area contributed by atoms with E-state index in [0.29, 0.717) is 0 Å². The van der Waals surface area contributed by atoms with Crippen LogP contribution in [0.3, 0.4) is 0 Å². The molecule has 1 fully saturated rings. The molecule has 11 rings (SSSR count). The SMILES string of the molecule is CC1=C(C)c2c(ccc3c2oc2c4c(ccc23)C2(C3c5ccccc5-c5cccc[n+]5C32)[n+]2cc(-c3c(C)cccc3C)c(C(C)(C)C)cc2-4)C1. The summed E-state index contributed by atoms with van der Waals surface area (Å²) in [5.41, 5.74) is 21.8. The van der Waals surface area contributed by atoms with E-state index in [9.17, 15) is 0 Å². The maximum absolute atomic E-state index is 7.25. The van der Waals surface area contributed by atoms with Crippen molar-refractivity contribution < 1.29 is 13.6 Å². The van der Waals surface area contributed by atoms with Crippen molar-refractivity contribution in [3.63, 3.8) is 0 Å². The lowest BCUT2D eigenvalue weighted by molar-refractivity contribution is -0.771. The predicted molar refractivity (Wildman–Crippen MR) is 206 cm³/mol. The molecular formula is C48H42N2O+2. The second-order valence-electron chi connectivity index (χ2n) is 16.7. The lowest BCUT2D eigenvalue weighted by atomic mass is 9.80. The Bertz CT molecular complexity index is 2700. The zero-order valence-electron chi connectivity index (χ0n) is 30.5. The summed E-state index contributed by atoms with van der Waals surface area (Å²) in [5, 5.41) is 2.43. The Morgan fingerprint density at radius 2 is 1.43 bits per heavy atom. The van der Waals surface area contributed by atoms with Gasteiger partial charge in [-0.1, -0.05) is 80.9 Å². The zero-order chi connectivity index (χ0) is 34.7. The van der Waals surface area contributed by atoms with E-state index >= 15 is 0 Å². The Hall–Kier alpha value is -5.28. The number of aryl methyl sites for hydroxylation is 2. The number of pyridine rings is 2. The van der Waals surface area contributed by atoms with E-state index in [2.05, 4.69) is 161 Å². The Morgan fingerprint density at radius 3 is 2.22 bits per heavy atom. The molecule has 0 saturated heterocycles. The molecule has 5 heterocycles. The zero-order valence-corrected chi connectivity index (χ0v) is 30.5. The summed E-state index contributed by atoms with van der Waals surface area (Å²) in [6, 6.07) is 34.8. The third kappa shape index (κ3) is 3.50. The largest absolute Gasteiger partial charge is 0.454 e. The standard InChI is InChI=1S/C48H42N2O/c1-26-13-12-14-27(2)40(26)35-25-50-39(24-37(35)47(5,6)7)42-36(21-20-34-33-19-18-30-23-28(3)29(4)41(30)44(33)51-45(34)42)48(50)43-32-16-9-8-15-31(32)38-17-10-11-22-49(38)46(43)48/h8-22,24-25,43,46H,23H2,1-7H3/q+2. The fourth-order valence-corrected chi connectivity index (χ4v) is 10.6. The van der Waals surface area contributed by atoms with Gasteiger partial charge in [0.1, 0.15) is 17.1 Å². The molecule has 0 N–H and O–H groups in total. The monoisotopic (exact) mass is 662 g/mol. The van der Waals surface area contributed by atoms with Crippen LogP contribution in [0.25, 0.3) is 61.2 Å². The van der Waals surface area contributed by atoms with Crippen molar-refractivity contribution in [2.24, 2.45) is 0 Å². The van der Waals surface area contributed by atoms with Crippen LogP contribution in [0.1, 0.15) is 85.5 Å². The molecule has 3 atom stereocenters. The Balaban J connectivity index is 1.30. The summed E-state index contributed by atoms with van der Waals surface area (Å²) in [6.45, 7) is 16.2. The summed E-state index contributed by atoms with van der Waals surface area (Å²) < 4.78 is 12.5. The van der Waals surface area contributed by atoms with Gasteiger partial charge in [-0.25, -0.2) is 0 Å². The van der Waals surface area contributed by atoms with Gasteiger partial charge >= 0.3 is 0 Å². The van der Waals surface area contributed by atoms with Crippen LogP contribution in [0, 0.1) is 13.8 Å². The summed E-state index contributed by atoms with van der Waals surface area (Å²) in [4.78, 5) is 0. The van der Waals surface area contributed by atoms with Crippen LogP contribution in [-0.2, 0) is 17.4 Å². The van der Waals surface area contributed by atoms with E-state index in [-0.39, 0.29) is 22.9 Å². The molecule has 0 radical (unpaired) electrons. The maximum Gasteiger partial charge on any atom is 0.269 e. The van der Waals surface area contributed by atoms with Crippen LogP contribution in [0.4, 0.5) is 0 Å². The van der Waals surface area contributed by atoms with Crippen molar-refractivity contribution in [2.75, 3.05) is 0 Å². The number of aromatic nitrogens is 2. The van der Waals surface area contributed by atoms with Crippen molar-refractivity contribution in [3.05, 3.63) is 148 Å². The number of hydrogen-bond acceptors (Lipinski definition) is 1. The number of hydrogen-bond donors (Lipinski definition) is 0. The summed E-state index contributed by atoms with van der Waals surface area (Å²) in [7, 11) is 0. The molecular weight excluding hydrogens is 621 g/mol. The molecule has 0 bridgehead atoms. The third-order valence-corrected chi connectivity index (χ3v) is 13.0. The number of nitrogens with zero attached hydrogens (tertiary/aromatic N) is 2. The summed E-state index contributed by atoms with van der Waals surface area (Å²) in [6.07, 6.45) is 5.85. The number of benzene rings is 4. The molecule has 7 aromatic rings. The van der Waals surface area contributed by atoms with Crippen molar-refractivity contribution in [2.45, 2.75) is 77.8 Å². The molecule has 248 valence electrons. The van der Waals surface area contributed by atoms with E-state index in [1.807, 2.05) is 0 Å². The van der Waals surface area contributed by atoms with Crippen molar-refractivity contribution >= 4 is 27.5 Å². The minimum atomic E-state index is -0.304. The Labute approximate surface area is 299 Å². The lowest BCUT2D eigenvalue weighted by Gasteiger charge is -2.24. The summed E-state index contributed by atoms with van der Waals surface area (Å²) >= 11 is 0. The normalized spacial score (nSPS) is 20.8. The third-order valence-electron chi connectivity index (χ3n) is 13.0. The van der Waals surface area contributed by atoms with Gasteiger partial charge in [0.2, 0.25) is 17.4 Å². The van der Waals surface area contributed by atoms with Gasteiger partial charge < -0.3 is 4.42 Å². The molecule has 3 heteroatoms. The highest BCUT2D eigenvalue weighted by Gasteiger charge is 2.86. The number of furan rings is 1. The van der Waals surface area contributed by atoms with Crippen LogP contribution in [-0.4, -0.2) is 0 Å². The lowest BCUT2D eigenvalue weighted by Crippen LogP contribution is -2.51. The highest BCUT2D eigenvalue weighted by molar-refractivity contribution is 6.13. The van der Waals surface area contributed by atoms with E-state index in [0.717, 1.165) is 17.6 Å². The first-order valence-corrected chi connectivity index (χ1v) is 18.6. The first-order valence-electron chi connectivity index (χ1n) is 18.6. The van der Waals surface area contributed by atoms with E-state index in [4.69, 9.17) is 4.42 Å². The van der Waals surface area contributed by atoms with Crippen molar-refractivity contribution in [1.82, 2.24) is 0 Å². The second kappa shape index (κ2) is 9.53. The topological polar surface area (TPSA) is 20.9 Å². The molecule has 1 spiro atoms. The average Bonchev–Trinajstić information content (AvgIpc) is 3.36. The highest BCUT2D eigenvalue weighted by atomic mass is 16.3. The van der Waals surface area contributed by atoms with Crippen molar-refractivity contribution in [1.29, 1.82) is 0 Å². The van der Waals surface area contributed by atoms with E-state index in [1.54, 1.807) is 0 Å². The minimum Gasteiger partial charge on any atom is -0.454 e. The first-order chi connectivity index (χ1) is 24.6. The maximum atomic E-state index is 7.25. The molecule has 2 aliphatic heterocycles. The molecule has 3 unspecified atom stereocenters. The number of rotatable bonds is 1. The molecule has 51 heavy (non-hydrogen) atoms. The number of fused-ring (bicyclic) bond motifs is 19. The molecule has 0 amide bonds. The smallest absolute Gasteiger partial charge is 0.269 e. The Morgan fingerprint density at radius 1 is 0.706 bits per heavy atom. The van der Waals surface area contributed by atoms with Gasteiger partial charge in [0.25, 0.3) is 5.54 Å². The van der Waals surface area contributed by atoms with Gasteiger partial charge in [-0.3, -0.25) is 0 Å².